The Morgan fingerprint density at radius 3 is 2.62 bits per heavy atom. The number of amides is 1. The number of anilines is 1. The van der Waals surface area contributed by atoms with Crippen molar-refractivity contribution in [1.29, 1.82) is 0 Å². The summed E-state index contributed by atoms with van der Waals surface area (Å²) in [5, 5.41) is 5.27. The van der Waals surface area contributed by atoms with Gasteiger partial charge in [0.05, 0.1) is 0 Å². The zero-order valence-electron chi connectivity index (χ0n) is 16.9. The molecule has 0 fully saturated rings. The molecule has 4 heteroatoms. The largest absolute Gasteiger partial charge is 0.322 e. The molecule has 0 saturated heterocycles. The van der Waals surface area contributed by atoms with Gasteiger partial charge in [0.2, 0.25) is 0 Å². The fourth-order valence-corrected chi connectivity index (χ4v) is 5.29. The van der Waals surface area contributed by atoms with Crippen LogP contribution in [0, 0.1) is 5.92 Å². The van der Waals surface area contributed by atoms with Crippen LogP contribution in [0.2, 0.25) is 0 Å². The first kappa shape index (κ1) is 19.6. The molecular formula is C25H26N2OS. The van der Waals surface area contributed by atoms with Crippen LogP contribution in [0.1, 0.15) is 49.0 Å². The lowest BCUT2D eigenvalue weighted by atomic mass is 9.91. The molecule has 4 rings (SSSR count). The molecule has 1 amide bonds. The molecular weight excluding hydrogens is 376 g/mol. The summed E-state index contributed by atoms with van der Waals surface area (Å²) >= 11 is 1.81. The molecule has 0 saturated carbocycles. The predicted octanol–water partition coefficient (Wildman–Crippen LogP) is 7.07. The Morgan fingerprint density at radius 1 is 1.07 bits per heavy atom. The Bertz CT molecular complexity index is 1130. The molecule has 0 spiro atoms. The highest BCUT2D eigenvalue weighted by Gasteiger charge is 2.19. The number of thiophene rings is 1. The molecule has 2 aromatic heterocycles. The van der Waals surface area contributed by atoms with Crippen LogP contribution in [0.15, 0.2) is 60.9 Å². The number of nitrogens with one attached hydrogen (secondary N) is 1. The third kappa shape index (κ3) is 4.03. The molecule has 29 heavy (non-hydrogen) atoms. The van der Waals surface area contributed by atoms with E-state index in [0.29, 0.717) is 5.92 Å². The van der Waals surface area contributed by atoms with Crippen LogP contribution in [0.4, 0.5) is 5.69 Å². The van der Waals surface area contributed by atoms with Crippen molar-refractivity contribution in [1.82, 2.24) is 4.98 Å². The number of carbonyl (C=O) groups excluding carboxylic acids is 1. The van der Waals surface area contributed by atoms with Crippen molar-refractivity contribution in [2.45, 2.75) is 39.5 Å². The van der Waals surface area contributed by atoms with Crippen LogP contribution in [0.3, 0.4) is 0 Å². The van der Waals surface area contributed by atoms with E-state index in [1.807, 2.05) is 18.2 Å². The summed E-state index contributed by atoms with van der Waals surface area (Å²) in [7, 11) is 0. The highest BCUT2D eigenvalue weighted by molar-refractivity contribution is 7.26. The summed E-state index contributed by atoms with van der Waals surface area (Å²) in [5.74, 6) is 0.613. The second kappa shape index (κ2) is 8.75. The lowest BCUT2D eigenvalue weighted by Crippen LogP contribution is -2.12. The number of hydrogen-bond donors (Lipinski definition) is 1. The molecule has 1 unspecified atom stereocenters. The van der Waals surface area contributed by atoms with E-state index >= 15 is 0 Å². The van der Waals surface area contributed by atoms with E-state index in [-0.39, 0.29) is 5.91 Å². The lowest BCUT2D eigenvalue weighted by Gasteiger charge is -2.15. The number of pyridine rings is 1. The average Bonchev–Trinajstić information content (AvgIpc) is 3.14. The van der Waals surface area contributed by atoms with Gasteiger partial charge in [-0.15, -0.1) is 11.3 Å². The van der Waals surface area contributed by atoms with Gasteiger partial charge >= 0.3 is 0 Å². The second-order valence-electron chi connectivity index (χ2n) is 7.53. The molecule has 0 aliphatic carbocycles. The lowest BCUT2D eigenvalue weighted by molar-refractivity contribution is 0.102. The Balaban J connectivity index is 1.81. The van der Waals surface area contributed by atoms with Gasteiger partial charge in [-0.3, -0.25) is 9.78 Å². The first-order valence-electron chi connectivity index (χ1n) is 10.4. The highest BCUT2D eigenvalue weighted by atomic mass is 32.1. The maximum Gasteiger partial charge on any atom is 0.256 e. The summed E-state index contributed by atoms with van der Waals surface area (Å²) in [5.41, 5.74) is 2.86. The number of benzene rings is 2. The van der Waals surface area contributed by atoms with Gasteiger partial charge in [0.1, 0.15) is 0 Å². The SMILES string of the molecule is CCCC(CC)Cc1ccc(C(=O)Nc2ccncc2)c2c1sc1ccccc12. The molecule has 4 aromatic rings. The summed E-state index contributed by atoms with van der Waals surface area (Å²) in [4.78, 5) is 17.2. The van der Waals surface area contributed by atoms with Crippen molar-refractivity contribution in [2.24, 2.45) is 5.92 Å². The van der Waals surface area contributed by atoms with E-state index in [1.165, 1.54) is 34.2 Å². The fraction of sp³-hybridized carbons (Fsp3) is 0.280. The van der Waals surface area contributed by atoms with E-state index in [1.54, 1.807) is 23.7 Å². The molecule has 0 aliphatic rings. The van der Waals surface area contributed by atoms with E-state index in [2.05, 4.69) is 54.5 Å². The second-order valence-corrected chi connectivity index (χ2v) is 8.58. The predicted molar refractivity (Wildman–Crippen MR) is 124 cm³/mol. The number of carbonyl (C=O) groups is 1. The van der Waals surface area contributed by atoms with Gasteiger partial charge in [0.15, 0.2) is 0 Å². The minimum atomic E-state index is -0.0723. The molecule has 0 bridgehead atoms. The van der Waals surface area contributed by atoms with Gasteiger partial charge in [-0.25, -0.2) is 0 Å². The molecule has 2 aromatic carbocycles. The average molecular weight is 403 g/mol. The topological polar surface area (TPSA) is 42.0 Å². The van der Waals surface area contributed by atoms with Crippen molar-refractivity contribution < 1.29 is 4.79 Å². The quantitative estimate of drug-likeness (QED) is 0.359. The Morgan fingerprint density at radius 2 is 1.86 bits per heavy atom. The maximum absolute atomic E-state index is 13.1. The summed E-state index contributed by atoms with van der Waals surface area (Å²) in [6.45, 7) is 4.53. The number of hydrogen-bond acceptors (Lipinski definition) is 3. The van der Waals surface area contributed by atoms with Crippen molar-refractivity contribution in [2.75, 3.05) is 5.32 Å². The standard InChI is InChI=1S/C25H26N2OS/c1-3-7-17(4-2)16-18-10-11-21(25(28)27-19-12-14-26-15-13-19)23-20-8-5-6-9-22(20)29-24(18)23/h5-6,8-15,17H,3-4,7,16H2,1-2H3,(H,26,27,28). The van der Waals surface area contributed by atoms with Crippen molar-refractivity contribution in [3.8, 4) is 0 Å². The molecule has 3 nitrogen and oxygen atoms in total. The first-order chi connectivity index (χ1) is 14.2. The molecule has 0 aliphatic heterocycles. The number of rotatable bonds is 7. The molecule has 0 radical (unpaired) electrons. The fourth-order valence-electron chi connectivity index (χ4n) is 4.04. The number of nitrogens with zero attached hydrogens (tertiary/aromatic N) is 1. The number of fused-ring (bicyclic) bond motifs is 3. The van der Waals surface area contributed by atoms with Crippen molar-refractivity contribution in [3.63, 3.8) is 0 Å². The van der Waals surface area contributed by atoms with Crippen LogP contribution < -0.4 is 5.32 Å². The van der Waals surface area contributed by atoms with E-state index in [0.717, 1.165) is 28.4 Å². The van der Waals surface area contributed by atoms with Crippen LogP contribution in [0.5, 0.6) is 0 Å². The van der Waals surface area contributed by atoms with E-state index in [9.17, 15) is 4.79 Å². The summed E-state index contributed by atoms with van der Waals surface area (Å²) in [6, 6.07) is 16.2. The van der Waals surface area contributed by atoms with Gasteiger partial charge < -0.3 is 5.32 Å². The number of aromatic nitrogens is 1. The smallest absolute Gasteiger partial charge is 0.256 e. The zero-order chi connectivity index (χ0) is 20.2. The van der Waals surface area contributed by atoms with Gasteiger partial charge in [-0.05, 0) is 42.2 Å². The van der Waals surface area contributed by atoms with Crippen LogP contribution in [-0.4, -0.2) is 10.9 Å². The Kier molecular flexibility index (Phi) is 5.91. The zero-order valence-corrected chi connectivity index (χ0v) is 17.8. The normalized spacial score (nSPS) is 12.3. The van der Waals surface area contributed by atoms with Gasteiger partial charge in [0.25, 0.3) is 5.91 Å². The van der Waals surface area contributed by atoms with E-state index in [4.69, 9.17) is 0 Å². The van der Waals surface area contributed by atoms with Crippen LogP contribution >= 0.6 is 11.3 Å². The van der Waals surface area contributed by atoms with Gasteiger partial charge in [-0.1, -0.05) is 57.4 Å². The Hall–Kier alpha value is -2.72. The van der Waals surface area contributed by atoms with Crippen LogP contribution in [-0.2, 0) is 6.42 Å². The van der Waals surface area contributed by atoms with Crippen molar-refractivity contribution >= 4 is 43.1 Å². The minimum absolute atomic E-state index is 0.0723. The van der Waals surface area contributed by atoms with Crippen molar-refractivity contribution in [3.05, 3.63) is 72.1 Å². The summed E-state index contributed by atoms with van der Waals surface area (Å²) in [6.07, 6.45) is 8.08. The monoisotopic (exact) mass is 402 g/mol. The third-order valence-electron chi connectivity index (χ3n) is 5.57. The Labute approximate surface area is 175 Å². The molecule has 1 N–H and O–H groups in total. The van der Waals surface area contributed by atoms with E-state index < -0.39 is 0 Å². The molecule has 148 valence electrons. The van der Waals surface area contributed by atoms with Crippen LogP contribution in [0.25, 0.3) is 20.2 Å². The first-order valence-corrected chi connectivity index (χ1v) is 11.2. The van der Waals surface area contributed by atoms with Gasteiger partial charge in [-0.2, -0.15) is 0 Å². The summed E-state index contributed by atoms with van der Waals surface area (Å²) < 4.78 is 2.49. The molecule has 2 heterocycles. The van der Waals surface area contributed by atoms with Gasteiger partial charge in [0, 0.05) is 43.8 Å². The highest BCUT2D eigenvalue weighted by Crippen LogP contribution is 2.39. The maximum atomic E-state index is 13.1. The minimum Gasteiger partial charge on any atom is -0.322 e. The third-order valence-corrected chi connectivity index (χ3v) is 6.82. The molecule has 1 atom stereocenters.